The van der Waals surface area contributed by atoms with E-state index in [2.05, 4.69) is 30.0 Å². The van der Waals surface area contributed by atoms with Gasteiger partial charge in [0.1, 0.15) is 5.75 Å². The maximum atomic E-state index is 11.9. The minimum Gasteiger partial charge on any atom is -0.483 e. The molecule has 27 heavy (non-hydrogen) atoms. The second kappa shape index (κ2) is 10.4. The molecular formula is C19H21N3O3S2. The molecule has 0 spiro atoms. The molecule has 142 valence electrons. The van der Waals surface area contributed by atoms with E-state index >= 15 is 0 Å². The van der Waals surface area contributed by atoms with Crippen molar-refractivity contribution in [3.63, 3.8) is 0 Å². The van der Waals surface area contributed by atoms with Gasteiger partial charge in [-0.25, -0.2) is 0 Å². The molecule has 8 heteroatoms. The quantitative estimate of drug-likeness (QED) is 0.393. The summed E-state index contributed by atoms with van der Waals surface area (Å²) in [6.45, 7) is 3.93. The van der Waals surface area contributed by atoms with Gasteiger partial charge in [0.25, 0.3) is 5.91 Å². The number of hydrazine groups is 1. The highest BCUT2D eigenvalue weighted by molar-refractivity contribution is 7.80. The molecule has 0 fully saturated rings. The Morgan fingerprint density at radius 3 is 2.67 bits per heavy atom. The van der Waals surface area contributed by atoms with E-state index in [-0.39, 0.29) is 17.6 Å². The molecular weight excluding hydrogens is 382 g/mol. The molecule has 0 saturated heterocycles. The van der Waals surface area contributed by atoms with Gasteiger partial charge in [-0.1, -0.05) is 38.1 Å². The molecule has 0 bridgehead atoms. The van der Waals surface area contributed by atoms with Gasteiger partial charge in [0.05, 0.1) is 0 Å². The first-order valence-corrected chi connectivity index (χ1v) is 9.57. The third-order valence-electron chi connectivity index (χ3n) is 3.39. The predicted molar refractivity (Wildman–Crippen MR) is 111 cm³/mol. The molecule has 0 aliphatic rings. The van der Waals surface area contributed by atoms with Crippen LogP contribution in [0.2, 0.25) is 0 Å². The molecule has 6 nitrogen and oxygen atoms in total. The monoisotopic (exact) mass is 403 g/mol. The molecule has 1 aromatic heterocycles. The van der Waals surface area contributed by atoms with Crippen LogP contribution in [0.1, 0.15) is 30.2 Å². The van der Waals surface area contributed by atoms with Gasteiger partial charge in [-0.2, -0.15) is 0 Å². The average Bonchev–Trinajstić information content (AvgIpc) is 3.17. The Balaban J connectivity index is 1.72. The van der Waals surface area contributed by atoms with Gasteiger partial charge in [0.15, 0.2) is 11.7 Å². The second-order valence-corrected chi connectivity index (χ2v) is 7.21. The second-order valence-electron chi connectivity index (χ2n) is 5.82. The molecule has 1 heterocycles. The van der Waals surface area contributed by atoms with Crippen LogP contribution in [0, 0.1) is 0 Å². The number of benzene rings is 1. The summed E-state index contributed by atoms with van der Waals surface area (Å²) in [6.07, 6.45) is 3.05. The molecule has 0 saturated carbocycles. The average molecular weight is 404 g/mol. The zero-order chi connectivity index (χ0) is 19.6. The van der Waals surface area contributed by atoms with E-state index in [1.165, 1.54) is 17.4 Å². The molecule has 1 aromatic carbocycles. The van der Waals surface area contributed by atoms with Crippen molar-refractivity contribution in [3.05, 3.63) is 58.3 Å². The standard InChI is InChI=1S/C19H21N3O3S2/c1-13(2)15-7-3-4-8-16(15)25-12-18(24)21-22-19(26)20-17(23)10-9-14-6-5-11-27-14/h3-11,13H,12H2,1-2H3,(H,21,24)(H2,20,22,23,26). The first-order valence-electron chi connectivity index (χ1n) is 8.29. The number of hydrogen-bond acceptors (Lipinski definition) is 5. The fraction of sp³-hybridized carbons (Fsp3) is 0.211. The van der Waals surface area contributed by atoms with E-state index in [0.717, 1.165) is 10.4 Å². The third-order valence-corrected chi connectivity index (χ3v) is 4.44. The van der Waals surface area contributed by atoms with Crippen LogP contribution in [0.5, 0.6) is 5.75 Å². The van der Waals surface area contributed by atoms with Crippen molar-refractivity contribution in [2.24, 2.45) is 0 Å². The Morgan fingerprint density at radius 2 is 1.96 bits per heavy atom. The van der Waals surface area contributed by atoms with Gasteiger partial charge >= 0.3 is 0 Å². The zero-order valence-electron chi connectivity index (χ0n) is 15.0. The first kappa shape index (κ1) is 20.6. The van der Waals surface area contributed by atoms with Crippen LogP contribution < -0.4 is 20.9 Å². The van der Waals surface area contributed by atoms with Crippen molar-refractivity contribution in [2.45, 2.75) is 19.8 Å². The highest BCUT2D eigenvalue weighted by atomic mass is 32.1. The normalized spacial score (nSPS) is 10.6. The molecule has 0 unspecified atom stereocenters. The number of ether oxygens (including phenoxy) is 1. The number of amides is 2. The molecule has 0 radical (unpaired) electrons. The summed E-state index contributed by atoms with van der Waals surface area (Å²) in [5.74, 6) is 0.140. The summed E-state index contributed by atoms with van der Waals surface area (Å²) in [6, 6.07) is 11.4. The number of nitrogens with one attached hydrogen (secondary N) is 3. The van der Waals surface area contributed by atoms with E-state index in [1.807, 2.05) is 41.8 Å². The Labute approximate surface area is 167 Å². The zero-order valence-corrected chi connectivity index (χ0v) is 16.7. The number of rotatable bonds is 6. The van der Waals surface area contributed by atoms with Gasteiger partial charge in [0, 0.05) is 11.0 Å². The first-order chi connectivity index (χ1) is 13.0. The number of thiophene rings is 1. The Hall–Kier alpha value is -2.71. The van der Waals surface area contributed by atoms with Crippen molar-refractivity contribution in [1.82, 2.24) is 16.2 Å². The van der Waals surface area contributed by atoms with Crippen LogP contribution in [0.3, 0.4) is 0 Å². The molecule has 2 rings (SSSR count). The topological polar surface area (TPSA) is 79.5 Å². The maximum absolute atomic E-state index is 11.9. The van der Waals surface area contributed by atoms with Crippen molar-refractivity contribution >= 4 is 46.6 Å². The van der Waals surface area contributed by atoms with Crippen molar-refractivity contribution in [3.8, 4) is 5.75 Å². The lowest BCUT2D eigenvalue weighted by atomic mass is 10.0. The molecule has 0 atom stereocenters. The summed E-state index contributed by atoms with van der Waals surface area (Å²) in [5, 5.41) is 4.35. The Kier molecular flexibility index (Phi) is 7.97. The van der Waals surface area contributed by atoms with E-state index in [1.54, 1.807) is 6.08 Å². The minimum absolute atomic E-state index is 0.00763. The van der Waals surface area contributed by atoms with Crippen LogP contribution in [0.4, 0.5) is 0 Å². The lowest BCUT2D eigenvalue weighted by Crippen LogP contribution is -2.49. The van der Waals surface area contributed by atoms with Gasteiger partial charge in [-0.3, -0.25) is 25.8 Å². The SMILES string of the molecule is CC(C)c1ccccc1OCC(=O)NNC(=S)NC(=O)C=Cc1cccs1. The number of para-hydroxylation sites is 1. The van der Waals surface area contributed by atoms with Crippen LogP contribution in [0.15, 0.2) is 47.9 Å². The fourth-order valence-corrected chi connectivity index (χ4v) is 2.89. The maximum Gasteiger partial charge on any atom is 0.276 e. The van der Waals surface area contributed by atoms with Crippen molar-refractivity contribution < 1.29 is 14.3 Å². The van der Waals surface area contributed by atoms with Gasteiger partial charge in [0.2, 0.25) is 5.91 Å². The molecule has 3 N–H and O–H groups in total. The molecule has 2 amide bonds. The molecule has 2 aromatic rings. The Bertz CT molecular complexity index is 817. The highest BCUT2D eigenvalue weighted by Crippen LogP contribution is 2.25. The number of carbonyl (C=O) groups excluding carboxylic acids is 2. The van der Waals surface area contributed by atoms with Crippen molar-refractivity contribution in [2.75, 3.05) is 6.61 Å². The largest absolute Gasteiger partial charge is 0.483 e. The number of carbonyl (C=O) groups is 2. The van der Waals surface area contributed by atoms with Crippen LogP contribution >= 0.6 is 23.6 Å². The minimum atomic E-state index is -0.417. The smallest absolute Gasteiger partial charge is 0.276 e. The van der Waals surface area contributed by atoms with Crippen LogP contribution in [-0.4, -0.2) is 23.5 Å². The number of thiocarbonyl (C=S) groups is 1. The Morgan fingerprint density at radius 1 is 1.19 bits per heavy atom. The van der Waals surface area contributed by atoms with Gasteiger partial charge < -0.3 is 4.74 Å². The number of hydrogen-bond donors (Lipinski definition) is 3. The lowest BCUT2D eigenvalue weighted by molar-refractivity contribution is -0.123. The predicted octanol–water partition coefficient (Wildman–Crippen LogP) is 2.99. The van der Waals surface area contributed by atoms with E-state index in [4.69, 9.17) is 17.0 Å². The lowest BCUT2D eigenvalue weighted by Gasteiger charge is -2.14. The van der Waals surface area contributed by atoms with Crippen LogP contribution in [0.25, 0.3) is 6.08 Å². The van der Waals surface area contributed by atoms with Gasteiger partial charge in [-0.05, 0) is 47.3 Å². The van der Waals surface area contributed by atoms with E-state index < -0.39 is 11.8 Å². The van der Waals surface area contributed by atoms with Crippen molar-refractivity contribution in [1.29, 1.82) is 0 Å². The summed E-state index contributed by atoms with van der Waals surface area (Å²) in [7, 11) is 0. The summed E-state index contributed by atoms with van der Waals surface area (Å²) in [5.41, 5.74) is 5.88. The molecule has 0 aliphatic carbocycles. The summed E-state index contributed by atoms with van der Waals surface area (Å²) >= 11 is 6.48. The third kappa shape index (κ3) is 7.20. The van der Waals surface area contributed by atoms with Gasteiger partial charge in [-0.15, -0.1) is 11.3 Å². The van der Waals surface area contributed by atoms with Crippen LogP contribution in [-0.2, 0) is 9.59 Å². The fourth-order valence-electron chi connectivity index (χ4n) is 2.12. The summed E-state index contributed by atoms with van der Waals surface area (Å²) < 4.78 is 5.56. The van der Waals surface area contributed by atoms with E-state index in [9.17, 15) is 9.59 Å². The van der Waals surface area contributed by atoms with E-state index in [0.29, 0.717) is 5.75 Å². The highest BCUT2D eigenvalue weighted by Gasteiger charge is 2.09. The molecule has 0 aliphatic heterocycles. The summed E-state index contributed by atoms with van der Waals surface area (Å²) in [4.78, 5) is 24.6.